The summed E-state index contributed by atoms with van der Waals surface area (Å²) in [6.07, 6.45) is 7.93. The fourth-order valence-corrected chi connectivity index (χ4v) is 3.69. The molecule has 1 aromatic heterocycles. The molecule has 1 N–H and O–H groups in total. The van der Waals surface area contributed by atoms with Gasteiger partial charge in [0.1, 0.15) is 12.2 Å². The minimum Gasteiger partial charge on any atom is -0.313 e. The highest BCUT2D eigenvalue weighted by Crippen LogP contribution is 2.44. The Labute approximate surface area is 123 Å². The van der Waals surface area contributed by atoms with Crippen LogP contribution in [-0.4, -0.2) is 27.4 Å². The maximum atomic E-state index is 4.47. The van der Waals surface area contributed by atoms with Crippen LogP contribution in [-0.2, 0) is 13.0 Å². The quantitative estimate of drug-likeness (QED) is 0.833. The molecule has 114 valence electrons. The van der Waals surface area contributed by atoms with Gasteiger partial charge in [-0.05, 0) is 44.1 Å². The summed E-state index contributed by atoms with van der Waals surface area (Å²) in [5, 5.41) is 8.08. The second-order valence-corrected chi connectivity index (χ2v) is 6.74. The van der Waals surface area contributed by atoms with E-state index in [4.69, 9.17) is 0 Å². The van der Waals surface area contributed by atoms with Gasteiger partial charge in [0.05, 0.1) is 0 Å². The average molecular weight is 278 g/mol. The Morgan fingerprint density at radius 3 is 2.85 bits per heavy atom. The molecule has 2 rings (SSSR count). The topological polar surface area (TPSA) is 42.7 Å². The number of hydrogen-bond acceptors (Lipinski definition) is 3. The number of nitrogens with one attached hydrogen (secondary N) is 1. The number of hydrogen-bond donors (Lipinski definition) is 1. The molecule has 0 aromatic carbocycles. The van der Waals surface area contributed by atoms with Gasteiger partial charge in [0.15, 0.2) is 0 Å². The van der Waals surface area contributed by atoms with Crippen LogP contribution in [0.5, 0.6) is 0 Å². The molecule has 0 saturated heterocycles. The third kappa shape index (κ3) is 3.40. The van der Waals surface area contributed by atoms with Gasteiger partial charge in [0, 0.05) is 19.0 Å². The van der Waals surface area contributed by atoms with Crippen molar-refractivity contribution in [3.05, 3.63) is 12.2 Å². The van der Waals surface area contributed by atoms with E-state index in [0.717, 1.165) is 31.3 Å². The highest BCUT2D eigenvalue weighted by atomic mass is 15.3. The van der Waals surface area contributed by atoms with Crippen LogP contribution in [0, 0.1) is 11.3 Å². The molecule has 1 aromatic rings. The van der Waals surface area contributed by atoms with Crippen molar-refractivity contribution in [3.8, 4) is 0 Å². The van der Waals surface area contributed by atoms with E-state index < -0.39 is 0 Å². The highest BCUT2D eigenvalue weighted by Gasteiger charge is 2.39. The first-order valence-electron chi connectivity index (χ1n) is 8.18. The molecule has 4 heteroatoms. The summed E-state index contributed by atoms with van der Waals surface area (Å²) in [6.45, 7) is 11.2. The first-order chi connectivity index (χ1) is 9.58. The molecule has 0 spiro atoms. The standard InChI is InChI=1S/C16H30N4/c1-5-10-17-14(13-8-7-9-16(13,3)4)11-15-18-12-19-20(15)6-2/h12-14,17H,5-11H2,1-4H3. The van der Waals surface area contributed by atoms with E-state index in [1.54, 1.807) is 6.33 Å². The van der Waals surface area contributed by atoms with Crippen LogP contribution in [0.3, 0.4) is 0 Å². The van der Waals surface area contributed by atoms with Gasteiger partial charge in [-0.2, -0.15) is 5.10 Å². The predicted octanol–water partition coefficient (Wildman–Crippen LogP) is 3.04. The fraction of sp³-hybridized carbons (Fsp3) is 0.875. The highest BCUT2D eigenvalue weighted by molar-refractivity contribution is 4.98. The molecule has 20 heavy (non-hydrogen) atoms. The molecule has 0 aliphatic heterocycles. The van der Waals surface area contributed by atoms with Crippen LogP contribution in [0.25, 0.3) is 0 Å². The molecule has 0 bridgehead atoms. The fourth-order valence-electron chi connectivity index (χ4n) is 3.69. The van der Waals surface area contributed by atoms with Crippen molar-refractivity contribution in [1.82, 2.24) is 20.1 Å². The number of nitrogens with zero attached hydrogens (tertiary/aromatic N) is 3. The lowest BCUT2D eigenvalue weighted by atomic mass is 9.76. The van der Waals surface area contributed by atoms with E-state index in [-0.39, 0.29) is 0 Å². The Kier molecular flexibility index (Phi) is 5.19. The first-order valence-corrected chi connectivity index (χ1v) is 8.18. The molecule has 2 unspecified atom stereocenters. The summed E-state index contributed by atoms with van der Waals surface area (Å²) < 4.78 is 2.03. The predicted molar refractivity (Wildman–Crippen MR) is 82.6 cm³/mol. The molecular weight excluding hydrogens is 248 g/mol. The van der Waals surface area contributed by atoms with Gasteiger partial charge >= 0.3 is 0 Å². The van der Waals surface area contributed by atoms with Crippen molar-refractivity contribution in [2.24, 2.45) is 11.3 Å². The van der Waals surface area contributed by atoms with E-state index in [1.807, 2.05) is 4.68 Å². The smallest absolute Gasteiger partial charge is 0.138 e. The van der Waals surface area contributed by atoms with Crippen molar-refractivity contribution < 1.29 is 0 Å². The minimum atomic E-state index is 0.447. The maximum Gasteiger partial charge on any atom is 0.138 e. The van der Waals surface area contributed by atoms with Crippen molar-refractivity contribution in [2.75, 3.05) is 6.54 Å². The van der Waals surface area contributed by atoms with Crippen molar-refractivity contribution in [1.29, 1.82) is 0 Å². The Morgan fingerprint density at radius 2 is 2.25 bits per heavy atom. The summed E-state index contributed by atoms with van der Waals surface area (Å²) in [7, 11) is 0. The normalized spacial score (nSPS) is 23.1. The van der Waals surface area contributed by atoms with Crippen molar-refractivity contribution >= 4 is 0 Å². The Balaban J connectivity index is 2.11. The van der Waals surface area contributed by atoms with Crippen LogP contribution < -0.4 is 5.32 Å². The van der Waals surface area contributed by atoms with E-state index in [1.165, 1.54) is 25.7 Å². The lowest BCUT2D eigenvalue weighted by Crippen LogP contribution is -2.43. The zero-order valence-electron chi connectivity index (χ0n) is 13.5. The van der Waals surface area contributed by atoms with Crippen LogP contribution in [0.4, 0.5) is 0 Å². The minimum absolute atomic E-state index is 0.447. The Hall–Kier alpha value is -0.900. The SMILES string of the molecule is CCCNC(Cc1ncnn1CC)C1CCCC1(C)C. The summed E-state index contributed by atoms with van der Waals surface area (Å²) in [5.74, 6) is 1.87. The van der Waals surface area contributed by atoms with Gasteiger partial charge < -0.3 is 5.32 Å². The lowest BCUT2D eigenvalue weighted by Gasteiger charge is -2.34. The summed E-state index contributed by atoms with van der Waals surface area (Å²) in [4.78, 5) is 4.47. The number of aromatic nitrogens is 3. The van der Waals surface area contributed by atoms with E-state index in [9.17, 15) is 0 Å². The van der Waals surface area contributed by atoms with Gasteiger partial charge in [0.2, 0.25) is 0 Å². The summed E-state index contributed by atoms with van der Waals surface area (Å²) in [5.41, 5.74) is 0.447. The van der Waals surface area contributed by atoms with Crippen molar-refractivity contribution in [3.63, 3.8) is 0 Å². The van der Waals surface area contributed by atoms with E-state index >= 15 is 0 Å². The molecule has 1 heterocycles. The molecule has 0 radical (unpaired) electrons. The third-order valence-electron chi connectivity index (χ3n) is 4.88. The van der Waals surface area contributed by atoms with Gasteiger partial charge in [-0.1, -0.05) is 27.2 Å². The van der Waals surface area contributed by atoms with Crippen LogP contribution >= 0.6 is 0 Å². The van der Waals surface area contributed by atoms with E-state index in [2.05, 4.69) is 43.1 Å². The van der Waals surface area contributed by atoms with E-state index in [0.29, 0.717) is 11.5 Å². The van der Waals surface area contributed by atoms with Crippen LogP contribution in [0.2, 0.25) is 0 Å². The second kappa shape index (κ2) is 6.70. The van der Waals surface area contributed by atoms with Gasteiger partial charge in [-0.15, -0.1) is 0 Å². The maximum absolute atomic E-state index is 4.47. The molecule has 4 nitrogen and oxygen atoms in total. The first kappa shape index (κ1) is 15.5. The lowest BCUT2D eigenvalue weighted by molar-refractivity contribution is 0.193. The van der Waals surface area contributed by atoms with Gasteiger partial charge in [0.25, 0.3) is 0 Å². The number of rotatable bonds is 7. The Bertz CT molecular complexity index is 410. The number of aryl methyl sites for hydroxylation is 1. The van der Waals surface area contributed by atoms with Crippen molar-refractivity contribution in [2.45, 2.75) is 72.4 Å². The van der Waals surface area contributed by atoms with Crippen LogP contribution in [0.15, 0.2) is 6.33 Å². The molecule has 2 atom stereocenters. The molecule has 1 aliphatic rings. The van der Waals surface area contributed by atoms with Gasteiger partial charge in [-0.3, -0.25) is 4.68 Å². The Morgan fingerprint density at radius 1 is 1.45 bits per heavy atom. The summed E-state index contributed by atoms with van der Waals surface area (Å²) >= 11 is 0. The zero-order chi connectivity index (χ0) is 14.6. The molecule has 1 aliphatic carbocycles. The largest absolute Gasteiger partial charge is 0.313 e. The average Bonchev–Trinajstić information content (AvgIpc) is 3.00. The molecule has 1 fully saturated rings. The zero-order valence-corrected chi connectivity index (χ0v) is 13.5. The summed E-state index contributed by atoms with van der Waals surface area (Å²) in [6, 6.07) is 0.530. The van der Waals surface area contributed by atoms with Gasteiger partial charge in [-0.25, -0.2) is 4.98 Å². The van der Waals surface area contributed by atoms with Crippen LogP contribution in [0.1, 0.15) is 59.2 Å². The molecular formula is C16H30N4. The third-order valence-corrected chi connectivity index (χ3v) is 4.88. The second-order valence-electron chi connectivity index (χ2n) is 6.74. The molecule has 1 saturated carbocycles. The molecule has 0 amide bonds. The monoisotopic (exact) mass is 278 g/mol.